The number of hydrogen-bond donors (Lipinski definition) is 0. The van der Waals surface area contributed by atoms with E-state index >= 15 is 0 Å². The summed E-state index contributed by atoms with van der Waals surface area (Å²) in [5.41, 5.74) is 0. The van der Waals surface area contributed by atoms with Gasteiger partial charge in [0.15, 0.2) is 0 Å². The predicted octanol–water partition coefficient (Wildman–Crippen LogP) is -4.70. The first-order chi connectivity index (χ1) is 4.54. The van der Waals surface area contributed by atoms with Crippen molar-refractivity contribution in [2.45, 2.75) is 26.7 Å². The van der Waals surface area contributed by atoms with Crippen LogP contribution in [0.15, 0.2) is 0 Å². The third-order valence-corrected chi connectivity index (χ3v) is 0.577. The van der Waals surface area contributed by atoms with Gasteiger partial charge in [-0.05, 0) is 12.8 Å². The molecule has 5 heteroatoms. The number of aliphatic carboxylic acids is 2. The number of carboxylic acids is 2. The van der Waals surface area contributed by atoms with Crippen LogP contribution in [0.4, 0.5) is 0 Å². The van der Waals surface area contributed by atoms with Crippen molar-refractivity contribution in [3.05, 3.63) is 0 Å². The monoisotopic (exact) mass is 169 g/mol. The normalized spacial score (nSPS) is 6.73. The molecule has 0 aliphatic carbocycles. The van der Waals surface area contributed by atoms with Gasteiger partial charge in [0, 0.05) is 11.9 Å². The van der Waals surface area contributed by atoms with Crippen LogP contribution in [0.5, 0.6) is 0 Å². The summed E-state index contributed by atoms with van der Waals surface area (Å²) >= 11 is 0. The molecule has 0 amide bonds. The second-order valence-corrected chi connectivity index (χ2v) is 1.45. The molecular weight excluding hydrogens is 159 g/mol. The molecule has 60 valence electrons. The van der Waals surface area contributed by atoms with Crippen LogP contribution in [0.3, 0.4) is 0 Å². The predicted molar refractivity (Wildman–Crippen MR) is 30.6 cm³/mol. The van der Waals surface area contributed by atoms with Gasteiger partial charge in [0.1, 0.15) is 0 Å². The molecule has 0 saturated carbocycles. The maximum atomic E-state index is 9.26. The van der Waals surface area contributed by atoms with Gasteiger partial charge in [0.25, 0.3) is 0 Å². The zero-order valence-corrected chi connectivity index (χ0v) is 9.05. The molecule has 0 aliphatic rings. The van der Waals surface area contributed by atoms with Crippen LogP contribution in [0.1, 0.15) is 26.7 Å². The van der Waals surface area contributed by atoms with E-state index in [1.165, 1.54) is 13.8 Å². The van der Waals surface area contributed by atoms with E-state index in [1.807, 2.05) is 0 Å². The van der Waals surface area contributed by atoms with Gasteiger partial charge in [-0.1, -0.05) is 13.8 Å². The number of hydrogen-bond acceptors (Lipinski definition) is 4. The van der Waals surface area contributed by atoms with Crippen LogP contribution in [0.2, 0.25) is 0 Å². The average Bonchev–Trinajstić information content (AvgIpc) is 1.89. The molecule has 0 aromatic carbocycles. The van der Waals surface area contributed by atoms with Gasteiger partial charge in [-0.2, -0.15) is 0 Å². The molecule has 0 bridgehead atoms. The smallest absolute Gasteiger partial charge is 0.550 e. The van der Waals surface area contributed by atoms with Crippen molar-refractivity contribution in [3.8, 4) is 0 Å². The van der Waals surface area contributed by atoms with E-state index in [1.54, 1.807) is 0 Å². The topological polar surface area (TPSA) is 80.3 Å². The van der Waals surface area contributed by atoms with Crippen molar-refractivity contribution < 1.29 is 49.4 Å². The number of carbonyl (C=O) groups is 2. The molecule has 0 aromatic heterocycles. The Kier molecular flexibility index (Phi) is 19.6. The Balaban J connectivity index is -0.000000107. The summed E-state index contributed by atoms with van der Waals surface area (Å²) in [6.07, 6.45) is 0.222. The van der Waals surface area contributed by atoms with Gasteiger partial charge in [-0.3, -0.25) is 0 Å². The van der Waals surface area contributed by atoms with Gasteiger partial charge in [-0.15, -0.1) is 0 Å². The molecule has 0 saturated heterocycles. The van der Waals surface area contributed by atoms with E-state index < -0.39 is 11.9 Å². The quantitative estimate of drug-likeness (QED) is 0.389. The second-order valence-electron chi connectivity index (χ2n) is 1.45. The van der Waals surface area contributed by atoms with Crippen LogP contribution in [-0.2, 0) is 9.59 Å². The van der Waals surface area contributed by atoms with Crippen molar-refractivity contribution in [2.75, 3.05) is 0 Å². The van der Waals surface area contributed by atoms with Gasteiger partial charge >= 0.3 is 29.6 Å². The molecule has 0 atom stereocenters. The number of carbonyl (C=O) groups excluding carboxylic acids is 2. The molecule has 0 radical (unpaired) electrons. The Morgan fingerprint density at radius 2 is 1.09 bits per heavy atom. The fourth-order valence-corrected chi connectivity index (χ4v) is 0. The minimum absolute atomic E-state index is 0. The molecule has 4 nitrogen and oxygen atoms in total. The summed E-state index contributed by atoms with van der Waals surface area (Å²) < 4.78 is 0. The first kappa shape index (κ1) is 17.1. The Hall–Kier alpha value is -0.0600. The first-order valence-corrected chi connectivity index (χ1v) is 2.94. The van der Waals surface area contributed by atoms with Crippen molar-refractivity contribution in [1.29, 1.82) is 0 Å². The Labute approximate surface area is 87.9 Å². The average molecular weight is 169 g/mol. The van der Waals surface area contributed by atoms with E-state index in [0.29, 0.717) is 0 Å². The third-order valence-electron chi connectivity index (χ3n) is 0.577. The molecule has 0 aliphatic heterocycles. The molecule has 0 unspecified atom stereocenters. The van der Waals surface area contributed by atoms with Crippen molar-refractivity contribution >= 4 is 11.9 Å². The van der Waals surface area contributed by atoms with E-state index in [9.17, 15) is 19.8 Å². The van der Waals surface area contributed by atoms with Crippen LogP contribution >= 0.6 is 0 Å². The van der Waals surface area contributed by atoms with E-state index in [2.05, 4.69) is 0 Å². The second kappa shape index (κ2) is 12.6. The van der Waals surface area contributed by atoms with Gasteiger partial charge in [-0.25, -0.2) is 0 Å². The molecule has 0 fully saturated rings. The summed E-state index contributed by atoms with van der Waals surface area (Å²) in [6.45, 7) is 3.07. The van der Waals surface area contributed by atoms with Crippen LogP contribution in [-0.4, -0.2) is 11.9 Å². The molecule has 0 N–H and O–H groups in total. The first-order valence-electron chi connectivity index (χ1n) is 2.94. The van der Waals surface area contributed by atoms with E-state index in [-0.39, 0.29) is 42.4 Å². The largest absolute Gasteiger partial charge is 1.00 e. The van der Waals surface area contributed by atoms with E-state index in [4.69, 9.17) is 0 Å². The fraction of sp³-hybridized carbons (Fsp3) is 0.667. The maximum Gasteiger partial charge on any atom is 1.00 e. The van der Waals surface area contributed by atoms with Crippen molar-refractivity contribution in [3.63, 3.8) is 0 Å². The SMILES string of the molecule is CCC(=O)[O-].CCC(=O)[O-].[Na+]. The van der Waals surface area contributed by atoms with Gasteiger partial charge in [0.05, 0.1) is 0 Å². The Morgan fingerprint density at radius 3 is 1.09 bits per heavy atom. The third kappa shape index (κ3) is 40.4. The van der Waals surface area contributed by atoms with Crippen molar-refractivity contribution in [1.82, 2.24) is 0 Å². The molecule has 11 heavy (non-hydrogen) atoms. The minimum atomic E-state index is -0.995. The Bertz CT molecular complexity index is 99.1. The van der Waals surface area contributed by atoms with E-state index in [0.717, 1.165) is 0 Å². The van der Waals surface area contributed by atoms with Crippen LogP contribution in [0.25, 0.3) is 0 Å². The minimum Gasteiger partial charge on any atom is -0.550 e. The fourth-order valence-electron chi connectivity index (χ4n) is 0. The molecule has 0 aromatic rings. The zero-order chi connectivity index (χ0) is 8.57. The number of rotatable bonds is 2. The molecule has 0 spiro atoms. The van der Waals surface area contributed by atoms with Crippen molar-refractivity contribution in [2.24, 2.45) is 0 Å². The summed E-state index contributed by atoms with van der Waals surface area (Å²) in [5, 5.41) is 18.5. The van der Waals surface area contributed by atoms with Gasteiger partial charge in [0.2, 0.25) is 0 Å². The molecule has 0 rings (SSSR count). The Morgan fingerprint density at radius 1 is 1.00 bits per heavy atom. The summed E-state index contributed by atoms with van der Waals surface area (Å²) in [6, 6.07) is 0. The molecule has 0 heterocycles. The van der Waals surface area contributed by atoms with Crippen LogP contribution in [0, 0.1) is 0 Å². The standard InChI is InChI=1S/2C3H6O2.Na/c2*1-2-3(4)5;/h2*2H2,1H3,(H,4,5);/q;;+1/p-2. The summed E-state index contributed by atoms with van der Waals surface area (Å²) in [5.74, 6) is -1.99. The zero-order valence-electron chi connectivity index (χ0n) is 7.05. The summed E-state index contributed by atoms with van der Waals surface area (Å²) in [7, 11) is 0. The number of carboxylic acid groups (broad SMARTS) is 2. The molecular formula is C6H10NaO4-. The van der Waals surface area contributed by atoms with Crippen LogP contribution < -0.4 is 39.8 Å². The maximum absolute atomic E-state index is 9.26. The van der Waals surface area contributed by atoms with Gasteiger partial charge < -0.3 is 19.8 Å². The summed E-state index contributed by atoms with van der Waals surface area (Å²) in [4.78, 5) is 18.5.